The molecule has 2 aliphatic rings. The number of hydrogen-bond donors (Lipinski definition) is 1. The van der Waals surface area contributed by atoms with E-state index in [0.717, 1.165) is 37.4 Å². The predicted molar refractivity (Wildman–Crippen MR) is 105 cm³/mol. The molecule has 0 saturated carbocycles. The Kier molecular flexibility index (Phi) is 5.97. The third kappa shape index (κ3) is 4.57. The van der Waals surface area contributed by atoms with Gasteiger partial charge in [0.05, 0.1) is 25.7 Å². The Morgan fingerprint density at radius 3 is 2.63 bits per heavy atom. The largest absolute Gasteiger partial charge is 0.379 e. The maximum Gasteiger partial charge on any atom is 0.223 e. The number of hydrogen-bond acceptors (Lipinski definition) is 4. The number of fused-ring (bicyclic) bond motifs is 1. The van der Waals surface area contributed by atoms with Crippen molar-refractivity contribution in [3.8, 4) is 0 Å². The zero-order chi connectivity index (χ0) is 19.4. The van der Waals surface area contributed by atoms with Crippen LogP contribution in [0.3, 0.4) is 0 Å². The fourth-order valence-corrected chi connectivity index (χ4v) is 3.76. The van der Waals surface area contributed by atoms with Crippen LogP contribution >= 0.6 is 0 Å². The van der Waals surface area contributed by atoms with Gasteiger partial charge in [-0.2, -0.15) is 0 Å². The molecule has 0 radical (unpaired) electrons. The summed E-state index contributed by atoms with van der Waals surface area (Å²) in [6, 6.07) is 7.65. The van der Waals surface area contributed by atoms with E-state index in [9.17, 15) is 9.59 Å². The van der Waals surface area contributed by atoms with Gasteiger partial charge in [-0.25, -0.2) is 0 Å². The molecule has 1 unspecified atom stereocenters. The number of morpholine rings is 1. The average Bonchev–Trinajstić information content (AvgIpc) is 2.67. The second-order valence-corrected chi connectivity index (χ2v) is 7.78. The normalized spacial score (nSPS) is 20.3. The molecule has 6 nitrogen and oxygen atoms in total. The zero-order valence-corrected chi connectivity index (χ0v) is 16.4. The Morgan fingerprint density at radius 2 is 1.93 bits per heavy atom. The van der Waals surface area contributed by atoms with Crippen molar-refractivity contribution in [2.75, 3.05) is 32.8 Å². The van der Waals surface area contributed by atoms with Crippen LogP contribution in [0.15, 0.2) is 30.5 Å². The number of ether oxygens (including phenoxy) is 1. The smallest absolute Gasteiger partial charge is 0.223 e. The van der Waals surface area contributed by atoms with Crippen LogP contribution in [0.25, 0.3) is 6.08 Å². The summed E-state index contributed by atoms with van der Waals surface area (Å²) in [4.78, 5) is 28.7. The molecular formula is C21H29N3O3. The summed E-state index contributed by atoms with van der Waals surface area (Å²) < 4.78 is 5.42. The lowest BCUT2D eigenvalue weighted by Crippen LogP contribution is -2.55. The number of rotatable bonds is 5. The Labute approximate surface area is 161 Å². The summed E-state index contributed by atoms with van der Waals surface area (Å²) in [5.41, 5.74) is 1.93. The van der Waals surface area contributed by atoms with Gasteiger partial charge in [0.2, 0.25) is 11.8 Å². The van der Waals surface area contributed by atoms with Gasteiger partial charge in [-0.15, -0.1) is 0 Å². The lowest BCUT2D eigenvalue weighted by atomic mass is 9.93. The van der Waals surface area contributed by atoms with Crippen LogP contribution in [-0.2, 0) is 14.3 Å². The first-order chi connectivity index (χ1) is 12.9. The molecule has 2 aliphatic heterocycles. The van der Waals surface area contributed by atoms with Gasteiger partial charge >= 0.3 is 0 Å². The number of nitrogens with one attached hydrogen (secondary N) is 1. The van der Waals surface area contributed by atoms with Crippen LogP contribution in [0.1, 0.15) is 44.4 Å². The second kappa shape index (κ2) is 8.23. The molecule has 1 N–H and O–H groups in total. The molecule has 0 spiro atoms. The fraction of sp³-hybridized carbons (Fsp3) is 0.524. The van der Waals surface area contributed by atoms with Crippen LogP contribution in [-0.4, -0.2) is 60.0 Å². The third-order valence-corrected chi connectivity index (χ3v) is 5.43. The zero-order valence-electron chi connectivity index (χ0n) is 16.4. The highest BCUT2D eigenvalue weighted by atomic mass is 16.5. The summed E-state index contributed by atoms with van der Waals surface area (Å²) in [5.74, 6) is -0.107. The maximum absolute atomic E-state index is 12.7. The number of nitrogens with zero attached hydrogens (tertiary/aromatic N) is 2. The van der Waals surface area contributed by atoms with E-state index in [4.69, 9.17) is 4.74 Å². The quantitative estimate of drug-likeness (QED) is 0.862. The summed E-state index contributed by atoms with van der Waals surface area (Å²) in [6.45, 7) is 9.59. The average molecular weight is 371 g/mol. The Morgan fingerprint density at radius 1 is 1.22 bits per heavy atom. The Balaban J connectivity index is 1.65. The van der Waals surface area contributed by atoms with E-state index >= 15 is 0 Å². The lowest BCUT2D eigenvalue weighted by Gasteiger charge is -2.41. The van der Waals surface area contributed by atoms with Crippen LogP contribution < -0.4 is 5.32 Å². The first-order valence-corrected chi connectivity index (χ1v) is 9.54. The molecule has 1 fully saturated rings. The molecule has 0 bridgehead atoms. The molecule has 1 aromatic carbocycles. The fourth-order valence-electron chi connectivity index (χ4n) is 3.76. The molecule has 1 saturated heterocycles. The van der Waals surface area contributed by atoms with Crippen LogP contribution in [0.2, 0.25) is 0 Å². The highest BCUT2D eigenvalue weighted by molar-refractivity contribution is 5.81. The van der Waals surface area contributed by atoms with Gasteiger partial charge in [-0.3, -0.25) is 14.5 Å². The van der Waals surface area contributed by atoms with E-state index < -0.39 is 0 Å². The molecular weight excluding hydrogens is 342 g/mol. The molecule has 6 heteroatoms. The summed E-state index contributed by atoms with van der Waals surface area (Å²) in [7, 11) is 0. The van der Waals surface area contributed by atoms with E-state index in [1.165, 1.54) is 6.92 Å². The minimum absolute atomic E-state index is 0.0438. The lowest BCUT2D eigenvalue weighted by molar-refractivity contribution is -0.130. The second-order valence-electron chi connectivity index (χ2n) is 7.78. The molecule has 0 aliphatic carbocycles. The van der Waals surface area contributed by atoms with Gasteiger partial charge < -0.3 is 15.0 Å². The van der Waals surface area contributed by atoms with Crippen molar-refractivity contribution < 1.29 is 14.3 Å². The van der Waals surface area contributed by atoms with E-state index in [1.807, 2.05) is 30.3 Å². The summed E-state index contributed by atoms with van der Waals surface area (Å²) in [6.07, 6.45) is 3.95. The van der Waals surface area contributed by atoms with Gasteiger partial charge in [-0.05, 0) is 31.1 Å². The molecule has 1 atom stereocenters. The first-order valence-electron chi connectivity index (χ1n) is 9.54. The van der Waals surface area contributed by atoms with E-state index in [-0.39, 0.29) is 29.8 Å². The highest BCUT2D eigenvalue weighted by Gasteiger charge is 2.31. The molecule has 0 aromatic heterocycles. The standard InChI is InChI=1S/C21H29N3O3/c1-16(25)24-9-8-17-6-4-5-7-18(17)19(24)14-20(26)22-15-21(2,3)23-10-12-27-13-11-23/h4-9,19H,10-15H2,1-3H3,(H,22,26). The molecule has 1 aromatic rings. The molecule has 2 amide bonds. The van der Waals surface area contributed by atoms with Crippen molar-refractivity contribution >= 4 is 17.9 Å². The SMILES string of the molecule is CC(=O)N1C=Cc2ccccc2C1CC(=O)NCC(C)(C)N1CCOCC1. The third-order valence-electron chi connectivity index (χ3n) is 5.43. The number of carbonyl (C=O) groups excluding carboxylic acids is 2. The number of benzene rings is 1. The van der Waals surface area contributed by atoms with Crippen molar-refractivity contribution in [2.45, 2.75) is 38.8 Å². The first kappa shape index (κ1) is 19.6. The van der Waals surface area contributed by atoms with Crippen molar-refractivity contribution in [2.24, 2.45) is 0 Å². The van der Waals surface area contributed by atoms with E-state index in [1.54, 1.807) is 11.1 Å². The van der Waals surface area contributed by atoms with Crippen molar-refractivity contribution in [1.29, 1.82) is 0 Å². The van der Waals surface area contributed by atoms with Gasteiger partial charge in [0, 0.05) is 38.3 Å². The number of carbonyl (C=O) groups is 2. The highest BCUT2D eigenvalue weighted by Crippen LogP contribution is 2.32. The topological polar surface area (TPSA) is 61.9 Å². The molecule has 3 rings (SSSR count). The van der Waals surface area contributed by atoms with Crippen molar-refractivity contribution in [1.82, 2.24) is 15.1 Å². The molecule has 146 valence electrons. The molecule has 2 heterocycles. The van der Waals surface area contributed by atoms with Gasteiger partial charge in [0.1, 0.15) is 0 Å². The molecule has 27 heavy (non-hydrogen) atoms. The van der Waals surface area contributed by atoms with Crippen molar-refractivity contribution in [3.63, 3.8) is 0 Å². The minimum Gasteiger partial charge on any atom is -0.379 e. The summed E-state index contributed by atoms with van der Waals surface area (Å²) >= 11 is 0. The van der Waals surface area contributed by atoms with Crippen LogP contribution in [0, 0.1) is 0 Å². The maximum atomic E-state index is 12.7. The number of amides is 2. The van der Waals surface area contributed by atoms with E-state index in [0.29, 0.717) is 6.54 Å². The van der Waals surface area contributed by atoms with E-state index in [2.05, 4.69) is 24.1 Å². The predicted octanol–water partition coefficient (Wildman–Crippen LogP) is 2.18. The van der Waals surface area contributed by atoms with Crippen LogP contribution in [0.5, 0.6) is 0 Å². The van der Waals surface area contributed by atoms with Gasteiger partial charge in [-0.1, -0.05) is 24.3 Å². The van der Waals surface area contributed by atoms with Crippen LogP contribution in [0.4, 0.5) is 0 Å². The monoisotopic (exact) mass is 371 g/mol. The van der Waals surface area contributed by atoms with Gasteiger partial charge in [0.15, 0.2) is 0 Å². The van der Waals surface area contributed by atoms with Gasteiger partial charge in [0.25, 0.3) is 0 Å². The Hall–Kier alpha value is -2.18. The Bertz CT molecular complexity index is 723. The minimum atomic E-state index is -0.268. The van der Waals surface area contributed by atoms with Crippen molar-refractivity contribution in [3.05, 3.63) is 41.6 Å². The summed E-state index contributed by atoms with van der Waals surface area (Å²) in [5, 5.41) is 3.07.